The van der Waals surface area contributed by atoms with E-state index in [1.165, 1.54) is 3.57 Å². The fourth-order valence-electron chi connectivity index (χ4n) is 2.00. The molecule has 2 aromatic rings. The smallest absolute Gasteiger partial charge is 0.126 e. The summed E-state index contributed by atoms with van der Waals surface area (Å²) < 4.78 is 14.8. The molecule has 3 heteroatoms. The van der Waals surface area contributed by atoms with Gasteiger partial charge in [-0.25, -0.2) is 4.39 Å². The molecule has 2 rings (SSSR count). The van der Waals surface area contributed by atoms with E-state index in [-0.39, 0.29) is 11.9 Å². The van der Waals surface area contributed by atoms with Crippen LogP contribution < -0.4 is 5.32 Å². The molecule has 1 unspecified atom stereocenters. The highest BCUT2D eigenvalue weighted by atomic mass is 127. The molecule has 0 aromatic heterocycles. The van der Waals surface area contributed by atoms with Crippen LogP contribution >= 0.6 is 22.6 Å². The van der Waals surface area contributed by atoms with Gasteiger partial charge in [-0.3, -0.25) is 0 Å². The zero-order valence-corrected chi connectivity index (χ0v) is 12.5. The largest absolute Gasteiger partial charge is 0.309 e. The van der Waals surface area contributed by atoms with Crippen molar-refractivity contribution in [3.05, 3.63) is 68.5 Å². The van der Waals surface area contributed by atoms with E-state index in [2.05, 4.69) is 40.0 Å². The van der Waals surface area contributed by atoms with Crippen LogP contribution in [0.25, 0.3) is 0 Å². The molecule has 1 nitrogen and oxygen atoms in total. The summed E-state index contributed by atoms with van der Waals surface area (Å²) in [5.41, 5.74) is 2.77. The van der Waals surface area contributed by atoms with Crippen molar-refractivity contribution >= 4 is 22.6 Å². The van der Waals surface area contributed by atoms with E-state index in [4.69, 9.17) is 0 Å². The Kier molecular flexibility index (Phi) is 4.35. The summed E-state index contributed by atoms with van der Waals surface area (Å²) in [7, 11) is 1.89. The predicted octanol–water partition coefficient (Wildman–Crippen LogP) is 4.05. The average Bonchev–Trinajstić information content (AvgIpc) is 2.35. The predicted molar refractivity (Wildman–Crippen MR) is 81.2 cm³/mol. The molecule has 2 aromatic carbocycles. The molecule has 1 N–H and O–H groups in total. The molecular formula is C15H15FIN. The van der Waals surface area contributed by atoms with Gasteiger partial charge in [-0.2, -0.15) is 0 Å². The van der Waals surface area contributed by atoms with Crippen LogP contribution in [0.3, 0.4) is 0 Å². The standard InChI is InChI=1S/C15H15FIN/c1-10-6-7-12(9-14(10)16)15(18-2)11-4-3-5-13(17)8-11/h3-9,15,18H,1-2H3. The molecule has 0 aliphatic carbocycles. The summed E-state index contributed by atoms with van der Waals surface area (Å²) in [4.78, 5) is 0. The Labute approximate surface area is 121 Å². The number of aryl methyl sites for hydroxylation is 1. The Hall–Kier alpha value is -0.940. The molecule has 94 valence electrons. The highest BCUT2D eigenvalue weighted by molar-refractivity contribution is 14.1. The van der Waals surface area contributed by atoms with E-state index < -0.39 is 0 Å². The van der Waals surface area contributed by atoms with Crippen LogP contribution in [-0.2, 0) is 0 Å². The van der Waals surface area contributed by atoms with E-state index >= 15 is 0 Å². The van der Waals surface area contributed by atoms with Crippen molar-refractivity contribution in [2.75, 3.05) is 7.05 Å². The lowest BCUT2D eigenvalue weighted by Gasteiger charge is -2.18. The molecule has 0 heterocycles. The van der Waals surface area contributed by atoms with Gasteiger partial charge in [0.15, 0.2) is 0 Å². The van der Waals surface area contributed by atoms with Gasteiger partial charge in [-0.1, -0.05) is 24.3 Å². The van der Waals surface area contributed by atoms with E-state index in [0.29, 0.717) is 5.56 Å². The summed E-state index contributed by atoms with van der Waals surface area (Å²) in [6.45, 7) is 1.78. The first-order valence-corrected chi connectivity index (χ1v) is 6.88. The number of halogens is 2. The Balaban J connectivity index is 2.42. The topological polar surface area (TPSA) is 12.0 Å². The van der Waals surface area contributed by atoms with E-state index in [1.54, 1.807) is 13.0 Å². The van der Waals surface area contributed by atoms with Gasteiger partial charge < -0.3 is 5.32 Å². The van der Waals surface area contributed by atoms with Crippen molar-refractivity contribution in [1.29, 1.82) is 0 Å². The molecule has 0 saturated carbocycles. The normalized spacial score (nSPS) is 12.4. The molecule has 0 radical (unpaired) electrons. The van der Waals surface area contributed by atoms with Crippen molar-refractivity contribution < 1.29 is 4.39 Å². The van der Waals surface area contributed by atoms with Gasteiger partial charge >= 0.3 is 0 Å². The van der Waals surface area contributed by atoms with Gasteiger partial charge in [-0.15, -0.1) is 0 Å². The Bertz CT molecular complexity index is 554. The molecule has 1 atom stereocenters. The van der Waals surface area contributed by atoms with Gasteiger partial charge in [0, 0.05) is 3.57 Å². The van der Waals surface area contributed by atoms with Gasteiger partial charge in [0.25, 0.3) is 0 Å². The summed E-state index contributed by atoms with van der Waals surface area (Å²) in [5, 5.41) is 3.24. The van der Waals surface area contributed by atoms with Gasteiger partial charge in [-0.05, 0) is 71.5 Å². The van der Waals surface area contributed by atoms with Crippen LogP contribution in [0.4, 0.5) is 4.39 Å². The first kappa shape index (κ1) is 13.5. The van der Waals surface area contributed by atoms with Crippen molar-refractivity contribution in [3.8, 4) is 0 Å². The second kappa shape index (κ2) is 5.80. The van der Waals surface area contributed by atoms with Crippen LogP contribution in [0.2, 0.25) is 0 Å². The van der Waals surface area contributed by atoms with E-state index in [0.717, 1.165) is 11.1 Å². The molecule has 0 aliphatic heterocycles. The molecule has 0 saturated heterocycles. The minimum Gasteiger partial charge on any atom is -0.309 e. The number of nitrogens with one attached hydrogen (secondary N) is 1. The second-order valence-electron chi connectivity index (χ2n) is 4.29. The maximum atomic E-state index is 13.6. The fourth-order valence-corrected chi connectivity index (χ4v) is 2.57. The number of hydrogen-bond donors (Lipinski definition) is 1. The van der Waals surface area contributed by atoms with Crippen molar-refractivity contribution in [3.63, 3.8) is 0 Å². The number of rotatable bonds is 3. The van der Waals surface area contributed by atoms with Crippen molar-refractivity contribution in [1.82, 2.24) is 5.32 Å². The molecule has 0 fully saturated rings. The number of hydrogen-bond acceptors (Lipinski definition) is 1. The molecule has 0 bridgehead atoms. The lowest BCUT2D eigenvalue weighted by Crippen LogP contribution is -2.18. The highest BCUT2D eigenvalue weighted by Gasteiger charge is 2.13. The highest BCUT2D eigenvalue weighted by Crippen LogP contribution is 2.24. The zero-order chi connectivity index (χ0) is 13.1. The fraction of sp³-hybridized carbons (Fsp3) is 0.200. The lowest BCUT2D eigenvalue weighted by atomic mass is 9.98. The van der Waals surface area contributed by atoms with Crippen LogP contribution in [0.5, 0.6) is 0 Å². The third-order valence-electron chi connectivity index (χ3n) is 3.00. The second-order valence-corrected chi connectivity index (χ2v) is 5.53. The molecule has 0 spiro atoms. The van der Waals surface area contributed by atoms with Gasteiger partial charge in [0.2, 0.25) is 0 Å². The van der Waals surface area contributed by atoms with E-state index in [9.17, 15) is 4.39 Å². The molecule has 0 amide bonds. The monoisotopic (exact) mass is 355 g/mol. The average molecular weight is 355 g/mol. The third-order valence-corrected chi connectivity index (χ3v) is 3.67. The third kappa shape index (κ3) is 2.90. The van der Waals surface area contributed by atoms with Crippen LogP contribution in [-0.4, -0.2) is 7.05 Å². The Morgan fingerprint density at radius 2 is 1.83 bits per heavy atom. The first-order valence-electron chi connectivity index (χ1n) is 5.80. The van der Waals surface area contributed by atoms with Crippen LogP contribution in [0.15, 0.2) is 42.5 Å². The quantitative estimate of drug-likeness (QED) is 0.820. The summed E-state index contributed by atoms with van der Waals surface area (Å²) in [6.07, 6.45) is 0. The Morgan fingerprint density at radius 1 is 1.11 bits per heavy atom. The van der Waals surface area contributed by atoms with Crippen molar-refractivity contribution in [2.45, 2.75) is 13.0 Å². The Morgan fingerprint density at radius 3 is 2.44 bits per heavy atom. The van der Waals surface area contributed by atoms with Gasteiger partial charge in [0.05, 0.1) is 6.04 Å². The zero-order valence-electron chi connectivity index (χ0n) is 10.4. The summed E-state index contributed by atoms with van der Waals surface area (Å²) in [5.74, 6) is -0.154. The summed E-state index contributed by atoms with van der Waals surface area (Å²) in [6, 6.07) is 13.7. The first-order chi connectivity index (χ1) is 8.61. The molecule has 0 aliphatic rings. The maximum Gasteiger partial charge on any atom is 0.126 e. The minimum atomic E-state index is -0.154. The molecular weight excluding hydrogens is 340 g/mol. The van der Waals surface area contributed by atoms with Gasteiger partial charge in [0.1, 0.15) is 5.82 Å². The molecule has 18 heavy (non-hydrogen) atoms. The lowest BCUT2D eigenvalue weighted by molar-refractivity contribution is 0.608. The summed E-state index contributed by atoms with van der Waals surface area (Å²) >= 11 is 2.28. The van der Waals surface area contributed by atoms with Crippen LogP contribution in [0, 0.1) is 16.3 Å². The number of benzene rings is 2. The van der Waals surface area contributed by atoms with Crippen LogP contribution in [0.1, 0.15) is 22.7 Å². The van der Waals surface area contributed by atoms with E-state index in [1.807, 2.05) is 31.3 Å². The minimum absolute atomic E-state index is 0.0230. The maximum absolute atomic E-state index is 13.6. The van der Waals surface area contributed by atoms with Crippen molar-refractivity contribution in [2.24, 2.45) is 0 Å². The SMILES string of the molecule is CNC(c1cccc(I)c1)c1ccc(C)c(F)c1.